The van der Waals surface area contributed by atoms with Crippen LogP contribution < -0.4 is 20.3 Å². The first kappa shape index (κ1) is 26.6. The van der Waals surface area contributed by atoms with Gasteiger partial charge in [-0.2, -0.15) is 9.78 Å². The summed E-state index contributed by atoms with van der Waals surface area (Å²) >= 11 is 1.13. The van der Waals surface area contributed by atoms with E-state index < -0.39 is 17.4 Å². The van der Waals surface area contributed by atoms with Crippen molar-refractivity contribution >= 4 is 45.1 Å². The van der Waals surface area contributed by atoms with Crippen molar-refractivity contribution in [3.63, 3.8) is 0 Å². The fraction of sp³-hybridized carbons (Fsp3) is 0.214. The molecular weight excluding hydrogens is 506 g/mol. The number of carbonyl (C=O) groups is 2. The number of methoxy groups -OCH3 is 2. The maximum atomic E-state index is 13.6. The summed E-state index contributed by atoms with van der Waals surface area (Å²) in [4.78, 5) is 39.2. The highest BCUT2D eigenvalue weighted by Crippen LogP contribution is 2.31. The molecule has 1 amide bonds. The van der Waals surface area contributed by atoms with Crippen LogP contribution in [0, 0.1) is 13.8 Å². The van der Waals surface area contributed by atoms with Crippen molar-refractivity contribution in [2.45, 2.75) is 20.8 Å². The Labute approximate surface area is 223 Å². The Bertz CT molecular complexity index is 1620. The Morgan fingerprint density at radius 3 is 2.50 bits per heavy atom. The number of aryl methyl sites for hydroxylation is 2. The highest BCUT2D eigenvalue weighted by molar-refractivity contribution is 7.16. The molecule has 9 nitrogen and oxygen atoms in total. The molecule has 0 radical (unpaired) electrons. The third-order valence-electron chi connectivity index (χ3n) is 5.93. The van der Waals surface area contributed by atoms with Crippen LogP contribution in [0.5, 0.6) is 11.5 Å². The van der Waals surface area contributed by atoms with Crippen LogP contribution in [0.1, 0.15) is 34.1 Å². The van der Waals surface area contributed by atoms with Gasteiger partial charge in [-0.3, -0.25) is 9.59 Å². The lowest BCUT2D eigenvalue weighted by Gasteiger charge is -2.11. The summed E-state index contributed by atoms with van der Waals surface area (Å²) in [6.07, 6.45) is 2.97. The van der Waals surface area contributed by atoms with Gasteiger partial charge in [0.1, 0.15) is 5.00 Å². The zero-order valence-electron chi connectivity index (χ0n) is 21.7. The Morgan fingerprint density at radius 1 is 1.05 bits per heavy atom. The van der Waals surface area contributed by atoms with Crippen LogP contribution in [0.2, 0.25) is 0 Å². The lowest BCUT2D eigenvalue weighted by molar-refractivity contribution is -0.111. The van der Waals surface area contributed by atoms with Gasteiger partial charge in [0.15, 0.2) is 17.2 Å². The molecule has 0 fully saturated rings. The van der Waals surface area contributed by atoms with Crippen molar-refractivity contribution in [2.24, 2.45) is 0 Å². The Kier molecular flexibility index (Phi) is 7.92. The van der Waals surface area contributed by atoms with E-state index in [4.69, 9.17) is 14.2 Å². The van der Waals surface area contributed by atoms with Gasteiger partial charge in [-0.1, -0.05) is 12.1 Å². The summed E-state index contributed by atoms with van der Waals surface area (Å²) in [5, 5.41) is 9.53. The molecule has 196 valence electrons. The second-order valence-corrected chi connectivity index (χ2v) is 9.22. The summed E-state index contributed by atoms with van der Waals surface area (Å²) in [6.45, 7) is 5.73. The highest BCUT2D eigenvalue weighted by Gasteiger charge is 2.23. The number of aromatic nitrogens is 2. The zero-order chi connectivity index (χ0) is 27.4. The molecule has 2 aromatic carbocycles. The van der Waals surface area contributed by atoms with E-state index in [1.54, 1.807) is 49.8 Å². The zero-order valence-corrected chi connectivity index (χ0v) is 22.5. The second-order valence-electron chi connectivity index (χ2n) is 8.35. The minimum Gasteiger partial charge on any atom is -0.493 e. The molecule has 0 bridgehead atoms. The van der Waals surface area contributed by atoms with Crippen molar-refractivity contribution in [3.05, 3.63) is 80.6 Å². The normalized spacial score (nSPS) is 11.1. The molecule has 10 heteroatoms. The largest absolute Gasteiger partial charge is 0.493 e. The number of carbonyl (C=O) groups excluding carboxylic acids is 2. The molecule has 2 heterocycles. The van der Waals surface area contributed by atoms with Crippen LogP contribution in [0.15, 0.2) is 52.6 Å². The van der Waals surface area contributed by atoms with E-state index in [0.717, 1.165) is 28.0 Å². The minimum atomic E-state index is -0.654. The number of thiophene rings is 1. The highest BCUT2D eigenvalue weighted by atomic mass is 32.1. The molecule has 1 N–H and O–H groups in total. The SMILES string of the molecule is CCOC(=O)c1nn(-c2ccc(C)c(C)c2)c(=O)c2c(NC(=O)/C=C/c3ccc(OC)c(OC)c3)scc12. The number of amides is 1. The number of ether oxygens (including phenoxy) is 3. The molecule has 0 saturated heterocycles. The van der Waals surface area contributed by atoms with E-state index >= 15 is 0 Å². The lowest BCUT2D eigenvalue weighted by Crippen LogP contribution is -2.25. The van der Waals surface area contributed by atoms with Crippen LogP contribution >= 0.6 is 11.3 Å². The first-order chi connectivity index (χ1) is 18.3. The summed E-state index contributed by atoms with van der Waals surface area (Å²) in [7, 11) is 3.08. The van der Waals surface area contributed by atoms with Gasteiger partial charge in [0, 0.05) is 16.8 Å². The van der Waals surface area contributed by atoms with Gasteiger partial charge in [-0.05, 0) is 67.8 Å². The van der Waals surface area contributed by atoms with Gasteiger partial charge in [-0.25, -0.2) is 4.79 Å². The molecular formula is C28H27N3O6S. The number of esters is 1. The monoisotopic (exact) mass is 533 g/mol. The number of anilines is 1. The van der Waals surface area contributed by atoms with Gasteiger partial charge in [0.05, 0.1) is 31.9 Å². The smallest absolute Gasteiger partial charge is 0.359 e. The number of benzene rings is 2. The number of hydrogen-bond acceptors (Lipinski definition) is 8. The molecule has 4 rings (SSSR count). The van der Waals surface area contributed by atoms with Gasteiger partial charge in [0.2, 0.25) is 5.91 Å². The van der Waals surface area contributed by atoms with E-state index in [-0.39, 0.29) is 17.7 Å². The van der Waals surface area contributed by atoms with Gasteiger partial charge in [0.25, 0.3) is 5.56 Å². The first-order valence-electron chi connectivity index (χ1n) is 11.8. The fourth-order valence-electron chi connectivity index (χ4n) is 3.81. The van der Waals surface area contributed by atoms with E-state index in [1.165, 1.54) is 17.9 Å². The van der Waals surface area contributed by atoms with Crippen molar-refractivity contribution in [3.8, 4) is 17.2 Å². The summed E-state index contributed by atoms with van der Waals surface area (Å²) in [5.74, 6) is 0.00434. The van der Waals surface area contributed by atoms with E-state index in [1.807, 2.05) is 26.0 Å². The molecule has 0 aliphatic carbocycles. The fourth-order valence-corrected chi connectivity index (χ4v) is 4.75. The Morgan fingerprint density at radius 2 is 1.82 bits per heavy atom. The number of fused-ring (bicyclic) bond motifs is 1. The molecule has 0 saturated carbocycles. The molecule has 0 unspecified atom stereocenters. The molecule has 4 aromatic rings. The number of hydrogen-bond donors (Lipinski definition) is 1. The van der Waals surface area contributed by atoms with Crippen LogP contribution in [-0.2, 0) is 9.53 Å². The average Bonchev–Trinajstić information content (AvgIpc) is 3.33. The third kappa shape index (κ3) is 5.30. The van der Waals surface area contributed by atoms with Crippen LogP contribution in [0.25, 0.3) is 22.5 Å². The molecule has 0 atom stereocenters. The average molecular weight is 534 g/mol. The summed E-state index contributed by atoms with van der Waals surface area (Å²) in [5.41, 5.74) is 2.78. The summed E-state index contributed by atoms with van der Waals surface area (Å²) < 4.78 is 16.9. The minimum absolute atomic E-state index is 0.00250. The number of nitrogens with one attached hydrogen (secondary N) is 1. The molecule has 2 aromatic heterocycles. The predicted molar refractivity (Wildman–Crippen MR) is 148 cm³/mol. The third-order valence-corrected chi connectivity index (χ3v) is 6.82. The first-order valence-corrected chi connectivity index (χ1v) is 12.7. The molecule has 0 aliphatic rings. The van der Waals surface area contributed by atoms with Gasteiger partial charge < -0.3 is 19.5 Å². The van der Waals surface area contributed by atoms with Crippen LogP contribution in [0.3, 0.4) is 0 Å². The van der Waals surface area contributed by atoms with Crippen molar-refractivity contribution in [2.75, 3.05) is 26.1 Å². The van der Waals surface area contributed by atoms with E-state index in [9.17, 15) is 14.4 Å². The topological polar surface area (TPSA) is 109 Å². The van der Waals surface area contributed by atoms with Crippen molar-refractivity contribution in [1.29, 1.82) is 0 Å². The van der Waals surface area contributed by atoms with Gasteiger partial charge in [-0.15, -0.1) is 11.3 Å². The van der Waals surface area contributed by atoms with Crippen LogP contribution in [-0.4, -0.2) is 42.5 Å². The number of rotatable bonds is 8. The Hall–Kier alpha value is -4.44. The second kappa shape index (κ2) is 11.3. The Balaban J connectivity index is 1.74. The summed E-state index contributed by atoms with van der Waals surface area (Å²) in [6, 6.07) is 10.7. The molecule has 38 heavy (non-hydrogen) atoms. The maximum absolute atomic E-state index is 13.6. The maximum Gasteiger partial charge on any atom is 0.359 e. The predicted octanol–water partition coefficient (Wildman–Crippen LogP) is 4.91. The quantitative estimate of drug-likeness (QED) is 0.253. The number of nitrogens with zero attached hydrogens (tertiary/aromatic N) is 2. The standard InChI is InChI=1S/C28H27N3O6S/c1-6-37-28(34)25-20-15-38-26(24(20)27(33)31(30-25)19-10-7-16(2)17(3)13-19)29-23(32)12-9-18-8-11-21(35-4)22(14-18)36-5/h7-15H,6H2,1-5H3,(H,29,32)/b12-9+. The van der Waals surface area contributed by atoms with Crippen LogP contribution in [0.4, 0.5) is 5.00 Å². The van der Waals surface area contributed by atoms with E-state index in [2.05, 4.69) is 10.4 Å². The van der Waals surface area contributed by atoms with Crippen molar-refractivity contribution in [1.82, 2.24) is 9.78 Å². The lowest BCUT2D eigenvalue weighted by atomic mass is 10.1. The van der Waals surface area contributed by atoms with E-state index in [0.29, 0.717) is 27.6 Å². The molecule has 0 spiro atoms. The van der Waals surface area contributed by atoms with Gasteiger partial charge >= 0.3 is 5.97 Å². The molecule has 0 aliphatic heterocycles. The van der Waals surface area contributed by atoms with Crippen molar-refractivity contribution < 1.29 is 23.8 Å².